The van der Waals surface area contributed by atoms with Crippen molar-refractivity contribution in [2.24, 2.45) is 5.92 Å². The molecule has 3 nitrogen and oxygen atoms in total. The van der Waals surface area contributed by atoms with E-state index in [0.717, 1.165) is 17.5 Å². The summed E-state index contributed by atoms with van der Waals surface area (Å²) in [5, 5.41) is 0. The van der Waals surface area contributed by atoms with E-state index in [9.17, 15) is 0 Å². The first-order chi connectivity index (χ1) is 9.22. The molecule has 19 heavy (non-hydrogen) atoms. The molecular formula is C16H17N3. The third kappa shape index (κ3) is 3.17. The van der Waals surface area contributed by atoms with E-state index in [0.29, 0.717) is 11.8 Å². The van der Waals surface area contributed by atoms with Gasteiger partial charge in [0.05, 0.1) is 0 Å². The molecule has 0 aliphatic carbocycles. The van der Waals surface area contributed by atoms with Crippen LogP contribution in [0.4, 0.5) is 0 Å². The normalized spacial score (nSPS) is 12.1. The number of nitrogens with zero attached hydrogens (tertiary/aromatic N) is 3. The first-order valence-corrected chi connectivity index (χ1v) is 6.36. The highest BCUT2D eigenvalue weighted by Crippen LogP contribution is 2.29. The highest BCUT2D eigenvalue weighted by Gasteiger charge is 2.15. The molecule has 0 bridgehead atoms. The molecule has 0 aromatic carbocycles. The van der Waals surface area contributed by atoms with Crippen molar-refractivity contribution in [1.29, 1.82) is 0 Å². The van der Waals surface area contributed by atoms with E-state index in [1.165, 1.54) is 11.9 Å². The van der Waals surface area contributed by atoms with Gasteiger partial charge in [0.1, 0.15) is 6.33 Å². The highest BCUT2D eigenvalue weighted by atomic mass is 14.8. The van der Waals surface area contributed by atoms with Gasteiger partial charge in [-0.05, 0) is 23.5 Å². The van der Waals surface area contributed by atoms with Crippen LogP contribution in [0.15, 0.2) is 37.2 Å². The van der Waals surface area contributed by atoms with Crippen molar-refractivity contribution >= 4 is 0 Å². The Morgan fingerprint density at radius 3 is 2.37 bits per heavy atom. The predicted octanol–water partition coefficient (Wildman–Crippen LogP) is 3.30. The van der Waals surface area contributed by atoms with Crippen molar-refractivity contribution < 1.29 is 0 Å². The standard InChI is InChI=1S/C16H17N3/c1-4-5-16(12(2)3)14-6-13(7-17-8-14)15-9-18-11-19-10-15/h1,6-12,16H,5H2,2-3H3. The van der Waals surface area contributed by atoms with Crippen molar-refractivity contribution in [3.8, 4) is 23.5 Å². The van der Waals surface area contributed by atoms with Gasteiger partial charge in [-0.2, -0.15) is 0 Å². The van der Waals surface area contributed by atoms with E-state index in [4.69, 9.17) is 6.42 Å². The summed E-state index contributed by atoms with van der Waals surface area (Å²) < 4.78 is 0. The van der Waals surface area contributed by atoms with Crippen molar-refractivity contribution in [3.05, 3.63) is 42.7 Å². The van der Waals surface area contributed by atoms with Gasteiger partial charge < -0.3 is 0 Å². The Kier molecular flexibility index (Phi) is 4.25. The smallest absolute Gasteiger partial charge is 0.115 e. The monoisotopic (exact) mass is 251 g/mol. The van der Waals surface area contributed by atoms with Crippen molar-refractivity contribution in [3.63, 3.8) is 0 Å². The Balaban J connectivity index is 2.36. The molecule has 1 unspecified atom stereocenters. The fourth-order valence-electron chi connectivity index (χ4n) is 2.13. The van der Waals surface area contributed by atoms with Gasteiger partial charge in [-0.3, -0.25) is 4.98 Å². The molecule has 0 N–H and O–H groups in total. The first-order valence-electron chi connectivity index (χ1n) is 6.36. The maximum Gasteiger partial charge on any atom is 0.115 e. The van der Waals surface area contributed by atoms with E-state index < -0.39 is 0 Å². The SMILES string of the molecule is C#CCC(c1cncc(-c2cncnc2)c1)C(C)C. The van der Waals surface area contributed by atoms with Crippen LogP contribution < -0.4 is 0 Å². The van der Waals surface area contributed by atoms with Gasteiger partial charge in [0.25, 0.3) is 0 Å². The second-order valence-corrected chi connectivity index (χ2v) is 4.89. The van der Waals surface area contributed by atoms with Crippen LogP contribution in [0.3, 0.4) is 0 Å². The van der Waals surface area contributed by atoms with E-state index >= 15 is 0 Å². The summed E-state index contributed by atoms with van der Waals surface area (Å²) in [5.74, 6) is 3.58. The number of pyridine rings is 1. The molecule has 2 aromatic heterocycles. The summed E-state index contributed by atoms with van der Waals surface area (Å²) in [6, 6.07) is 2.13. The zero-order chi connectivity index (χ0) is 13.7. The van der Waals surface area contributed by atoms with Gasteiger partial charge >= 0.3 is 0 Å². The van der Waals surface area contributed by atoms with Gasteiger partial charge in [0, 0.05) is 42.3 Å². The first kappa shape index (κ1) is 13.2. The lowest BCUT2D eigenvalue weighted by Gasteiger charge is -2.19. The maximum absolute atomic E-state index is 5.46. The second kappa shape index (κ2) is 6.10. The Morgan fingerprint density at radius 1 is 1.05 bits per heavy atom. The Morgan fingerprint density at radius 2 is 1.74 bits per heavy atom. The zero-order valence-electron chi connectivity index (χ0n) is 11.2. The summed E-state index contributed by atoms with van der Waals surface area (Å²) in [4.78, 5) is 12.4. The maximum atomic E-state index is 5.46. The molecule has 0 fully saturated rings. The van der Waals surface area contributed by atoms with Crippen molar-refractivity contribution in [2.45, 2.75) is 26.2 Å². The molecule has 2 rings (SSSR count). The molecule has 0 saturated carbocycles. The van der Waals surface area contributed by atoms with E-state index in [-0.39, 0.29) is 0 Å². The number of terminal acetylenes is 1. The lowest BCUT2D eigenvalue weighted by Crippen LogP contribution is -2.06. The second-order valence-electron chi connectivity index (χ2n) is 4.89. The fraction of sp³-hybridized carbons (Fsp3) is 0.312. The molecule has 96 valence electrons. The molecule has 0 aliphatic rings. The van der Waals surface area contributed by atoms with Gasteiger partial charge in [-0.25, -0.2) is 9.97 Å². The quantitative estimate of drug-likeness (QED) is 0.783. The van der Waals surface area contributed by atoms with Crippen LogP contribution in [0.25, 0.3) is 11.1 Å². The van der Waals surface area contributed by atoms with Crippen molar-refractivity contribution in [1.82, 2.24) is 15.0 Å². The molecule has 1 atom stereocenters. The van der Waals surface area contributed by atoms with Crippen molar-refractivity contribution in [2.75, 3.05) is 0 Å². The third-order valence-electron chi connectivity index (χ3n) is 3.22. The van der Waals surface area contributed by atoms with Crippen LogP contribution in [-0.2, 0) is 0 Å². The molecule has 0 aliphatic heterocycles. The molecular weight excluding hydrogens is 234 g/mol. The van der Waals surface area contributed by atoms with Crippen LogP contribution in [0.1, 0.15) is 31.7 Å². The zero-order valence-corrected chi connectivity index (χ0v) is 11.2. The van der Waals surface area contributed by atoms with Gasteiger partial charge in [0.2, 0.25) is 0 Å². The van der Waals surface area contributed by atoms with E-state index in [1.54, 1.807) is 12.4 Å². The van der Waals surface area contributed by atoms with E-state index in [2.05, 4.69) is 40.8 Å². The largest absolute Gasteiger partial charge is 0.264 e. The minimum Gasteiger partial charge on any atom is -0.264 e. The highest BCUT2D eigenvalue weighted by molar-refractivity contribution is 5.61. The summed E-state index contributed by atoms with van der Waals surface area (Å²) in [5.41, 5.74) is 3.18. The predicted molar refractivity (Wildman–Crippen MR) is 76.3 cm³/mol. The summed E-state index contributed by atoms with van der Waals surface area (Å²) in [6.45, 7) is 4.36. The third-order valence-corrected chi connectivity index (χ3v) is 3.22. The summed E-state index contributed by atoms with van der Waals surface area (Å²) in [6.07, 6.45) is 15.0. The lowest BCUT2D eigenvalue weighted by atomic mass is 9.86. The summed E-state index contributed by atoms with van der Waals surface area (Å²) >= 11 is 0. The van der Waals surface area contributed by atoms with Crippen LogP contribution in [0.2, 0.25) is 0 Å². The fourth-order valence-corrected chi connectivity index (χ4v) is 2.13. The van der Waals surface area contributed by atoms with Crippen LogP contribution in [-0.4, -0.2) is 15.0 Å². The minimum absolute atomic E-state index is 0.335. The lowest BCUT2D eigenvalue weighted by molar-refractivity contribution is 0.506. The average molecular weight is 251 g/mol. The topological polar surface area (TPSA) is 38.7 Å². The summed E-state index contributed by atoms with van der Waals surface area (Å²) in [7, 11) is 0. The molecule has 0 spiro atoms. The molecule has 3 heteroatoms. The average Bonchev–Trinajstić information content (AvgIpc) is 2.45. The minimum atomic E-state index is 0.335. The number of hydrogen-bond acceptors (Lipinski definition) is 3. The van der Waals surface area contributed by atoms with Crippen LogP contribution >= 0.6 is 0 Å². The van der Waals surface area contributed by atoms with Gasteiger partial charge in [-0.1, -0.05) is 13.8 Å². The molecule has 2 heterocycles. The van der Waals surface area contributed by atoms with Gasteiger partial charge in [0.15, 0.2) is 0 Å². The molecule has 0 amide bonds. The van der Waals surface area contributed by atoms with Gasteiger partial charge in [-0.15, -0.1) is 12.3 Å². The van der Waals surface area contributed by atoms with E-state index in [1.807, 2.05) is 12.4 Å². The van der Waals surface area contributed by atoms with Crippen LogP contribution in [0.5, 0.6) is 0 Å². The van der Waals surface area contributed by atoms with Crippen LogP contribution in [0, 0.1) is 18.3 Å². The number of hydrogen-bond donors (Lipinski definition) is 0. The number of aromatic nitrogens is 3. The number of rotatable bonds is 4. The molecule has 0 saturated heterocycles. The Bertz CT molecular complexity index is 570. The Labute approximate surface area is 114 Å². The molecule has 2 aromatic rings. The Hall–Kier alpha value is -2.21. The molecule has 0 radical (unpaired) electrons.